The van der Waals surface area contributed by atoms with Crippen molar-refractivity contribution in [3.05, 3.63) is 29.3 Å². The van der Waals surface area contributed by atoms with Gasteiger partial charge in [-0.1, -0.05) is 38.2 Å². The number of nitrogens with zero attached hydrogens (tertiary/aromatic N) is 1. The lowest BCUT2D eigenvalue weighted by Gasteiger charge is -2.32. The third-order valence-electron chi connectivity index (χ3n) is 6.39. The fourth-order valence-electron chi connectivity index (χ4n) is 4.30. The van der Waals surface area contributed by atoms with Crippen LogP contribution in [0.15, 0.2) is 23.1 Å². The highest BCUT2D eigenvalue weighted by Crippen LogP contribution is 2.26. The summed E-state index contributed by atoms with van der Waals surface area (Å²) in [6.07, 6.45) is 9.58. The monoisotopic (exact) mass is 406 g/mol. The molecule has 6 heteroatoms. The summed E-state index contributed by atoms with van der Waals surface area (Å²) in [6, 6.07) is 5.59. The number of sulfonamides is 1. The molecule has 1 aliphatic heterocycles. The molecular formula is C22H34N2O3S. The van der Waals surface area contributed by atoms with Crippen LogP contribution in [0.25, 0.3) is 0 Å². The van der Waals surface area contributed by atoms with Crippen LogP contribution in [0.3, 0.4) is 0 Å². The average Bonchev–Trinajstić information content (AvgIpc) is 2.66. The molecule has 0 atom stereocenters. The van der Waals surface area contributed by atoms with Crippen LogP contribution in [0, 0.1) is 19.8 Å². The zero-order valence-electron chi connectivity index (χ0n) is 17.2. The Morgan fingerprint density at radius 3 is 2.14 bits per heavy atom. The highest BCUT2D eigenvalue weighted by Gasteiger charge is 2.32. The number of hydrogen-bond donors (Lipinski definition) is 1. The van der Waals surface area contributed by atoms with Crippen LogP contribution in [0.4, 0.5) is 0 Å². The van der Waals surface area contributed by atoms with E-state index in [1.54, 1.807) is 12.1 Å². The van der Waals surface area contributed by atoms with Crippen LogP contribution in [-0.4, -0.2) is 37.8 Å². The zero-order chi connectivity index (χ0) is 20.1. The van der Waals surface area contributed by atoms with Gasteiger partial charge in [0.05, 0.1) is 4.90 Å². The van der Waals surface area contributed by atoms with Gasteiger partial charge in [0.1, 0.15) is 0 Å². The zero-order valence-corrected chi connectivity index (χ0v) is 18.1. The van der Waals surface area contributed by atoms with E-state index in [2.05, 4.69) is 5.32 Å². The van der Waals surface area contributed by atoms with Gasteiger partial charge in [-0.3, -0.25) is 4.79 Å². The quantitative estimate of drug-likeness (QED) is 0.824. The second-order valence-corrected chi connectivity index (χ2v) is 10.4. The van der Waals surface area contributed by atoms with Crippen molar-refractivity contribution < 1.29 is 13.2 Å². The maximum atomic E-state index is 12.9. The van der Waals surface area contributed by atoms with E-state index in [1.165, 1.54) is 36.4 Å². The van der Waals surface area contributed by atoms with Gasteiger partial charge in [0.2, 0.25) is 15.9 Å². The lowest BCUT2D eigenvalue weighted by Crippen LogP contribution is -2.45. The second kappa shape index (κ2) is 9.40. The predicted octanol–water partition coefficient (Wildman–Crippen LogP) is 3.93. The van der Waals surface area contributed by atoms with E-state index in [0.29, 0.717) is 36.9 Å². The maximum absolute atomic E-state index is 12.9. The molecule has 28 heavy (non-hydrogen) atoms. The summed E-state index contributed by atoms with van der Waals surface area (Å²) in [4.78, 5) is 13.0. The molecule has 0 radical (unpaired) electrons. The van der Waals surface area contributed by atoms with Crippen LogP contribution in [0.2, 0.25) is 0 Å². The van der Waals surface area contributed by atoms with Crippen LogP contribution in [0.5, 0.6) is 0 Å². The summed E-state index contributed by atoms with van der Waals surface area (Å²) in [6.45, 7) is 4.74. The number of aryl methyl sites for hydroxylation is 2. The molecule has 1 N–H and O–H groups in total. The minimum Gasteiger partial charge on any atom is -0.353 e. The molecule has 2 aliphatic rings. The van der Waals surface area contributed by atoms with E-state index in [9.17, 15) is 13.2 Å². The van der Waals surface area contributed by atoms with Gasteiger partial charge in [0, 0.05) is 25.0 Å². The summed E-state index contributed by atoms with van der Waals surface area (Å²) in [7, 11) is -3.48. The lowest BCUT2D eigenvalue weighted by atomic mass is 9.94. The van der Waals surface area contributed by atoms with E-state index in [1.807, 2.05) is 19.9 Å². The number of hydrogen-bond acceptors (Lipinski definition) is 3. The van der Waals surface area contributed by atoms with Gasteiger partial charge in [-0.25, -0.2) is 8.42 Å². The van der Waals surface area contributed by atoms with Crippen LogP contribution in [-0.2, 0) is 14.8 Å². The van der Waals surface area contributed by atoms with Crippen LogP contribution < -0.4 is 5.32 Å². The topological polar surface area (TPSA) is 66.5 Å². The van der Waals surface area contributed by atoms with Crippen molar-refractivity contribution in [2.24, 2.45) is 5.92 Å². The number of carbonyl (C=O) groups is 1. The van der Waals surface area contributed by atoms with E-state index in [-0.39, 0.29) is 11.8 Å². The third kappa shape index (κ3) is 5.15. The van der Waals surface area contributed by atoms with Gasteiger partial charge in [-0.2, -0.15) is 4.31 Å². The molecule has 1 saturated carbocycles. The van der Waals surface area contributed by atoms with Gasteiger partial charge >= 0.3 is 0 Å². The molecule has 5 nitrogen and oxygen atoms in total. The summed E-state index contributed by atoms with van der Waals surface area (Å²) < 4.78 is 27.4. The molecule has 1 amide bonds. The first-order valence-corrected chi connectivity index (χ1v) is 12.2. The third-order valence-corrected chi connectivity index (χ3v) is 8.29. The highest BCUT2D eigenvalue weighted by molar-refractivity contribution is 7.89. The first-order valence-electron chi connectivity index (χ1n) is 10.8. The lowest BCUT2D eigenvalue weighted by molar-refractivity contribution is -0.127. The predicted molar refractivity (Wildman–Crippen MR) is 112 cm³/mol. The van der Waals surface area contributed by atoms with Crippen molar-refractivity contribution in [3.63, 3.8) is 0 Å². The molecule has 156 valence electrons. The van der Waals surface area contributed by atoms with Crippen molar-refractivity contribution in [3.8, 4) is 0 Å². The molecule has 1 aliphatic carbocycles. The fraction of sp³-hybridized carbons (Fsp3) is 0.682. The summed E-state index contributed by atoms with van der Waals surface area (Å²) >= 11 is 0. The van der Waals surface area contributed by atoms with E-state index in [0.717, 1.165) is 24.0 Å². The second-order valence-electron chi connectivity index (χ2n) is 8.48. The Hall–Kier alpha value is -1.40. The molecule has 1 aromatic carbocycles. The summed E-state index contributed by atoms with van der Waals surface area (Å²) in [5.41, 5.74) is 2.07. The van der Waals surface area contributed by atoms with E-state index >= 15 is 0 Å². The Balaban J connectivity index is 1.55. The first-order chi connectivity index (χ1) is 13.4. The highest BCUT2D eigenvalue weighted by atomic mass is 32.2. The SMILES string of the molecule is Cc1ccc(S(=O)(=O)N2CCC(C(=O)NC3CCCCCCC3)CC2)cc1C. The Bertz CT molecular complexity index is 775. The molecule has 1 aromatic rings. The number of carbonyl (C=O) groups excluding carboxylic acids is 1. The van der Waals surface area contributed by atoms with E-state index < -0.39 is 10.0 Å². The first kappa shape index (κ1) is 21.3. The molecule has 3 rings (SSSR count). The molecule has 0 aromatic heterocycles. The Morgan fingerprint density at radius 1 is 0.929 bits per heavy atom. The Morgan fingerprint density at radius 2 is 1.54 bits per heavy atom. The summed E-state index contributed by atoms with van der Waals surface area (Å²) in [5.74, 6) is 0.0467. The van der Waals surface area contributed by atoms with Crippen molar-refractivity contribution >= 4 is 15.9 Å². The standard InChI is InChI=1S/C22H34N2O3S/c1-17-10-11-21(16-18(17)2)28(26,27)24-14-12-19(13-15-24)22(25)23-20-8-6-4-3-5-7-9-20/h10-11,16,19-20H,3-9,12-15H2,1-2H3,(H,23,25). The van der Waals surface area contributed by atoms with E-state index in [4.69, 9.17) is 0 Å². The molecule has 0 bridgehead atoms. The summed E-state index contributed by atoms with van der Waals surface area (Å²) in [5, 5.41) is 3.25. The van der Waals surface area contributed by atoms with Crippen LogP contribution in [0.1, 0.15) is 68.9 Å². The molecule has 2 fully saturated rings. The van der Waals surface area contributed by atoms with Gasteiger partial charge in [0.15, 0.2) is 0 Å². The van der Waals surface area contributed by atoms with Crippen molar-refractivity contribution in [2.45, 2.75) is 82.6 Å². The van der Waals surface area contributed by atoms with Gasteiger partial charge in [0.25, 0.3) is 0 Å². The minimum atomic E-state index is -3.48. The molecule has 1 saturated heterocycles. The number of benzene rings is 1. The molecular weight excluding hydrogens is 372 g/mol. The van der Waals surface area contributed by atoms with Crippen molar-refractivity contribution in [1.29, 1.82) is 0 Å². The fourth-order valence-corrected chi connectivity index (χ4v) is 5.86. The smallest absolute Gasteiger partial charge is 0.243 e. The number of rotatable bonds is 4. The number of amides is 1. The van der Waals surface area contributed by atoms with Crippen LogP contribution >= 0.6 is 0 Å². The van der Waals surface area contributed by atoms with Crippen molar-refractivity contribution in [2.75, 3.05) is 13.1 Å². The van der Waals surface area contributed by atoms with Gasteiger partial charge in [-0.15, -0.1) is 0 Å². The normalized spacial score (nSPS) is 21.1. The minimum absolute atomic E-state index is 0.0726. The Kier molecular flexibility index (Phi) is 7.15. The molecule has 0 unspecified atom stereocenters. The number of nitrogens with one attached hydrogen (secondary N) is 1. The Labute approximate surface area is 169 Å². The molecule has 1 heterocycles. The molecule has 0 spiro atoms. The van der Waals surface area contributed by atoms with Crippen molar-refractivity contribution in [1.82, 2.24) is 9.62 Å². The number of piperidine rings is 1. The van der Waals surface area contributed by atoms with Gasteiger partial charge < -0.3 is 5.32 Å². The average molecular weight is 407 g/mol. The maximum Gasteiger partial charge on any atom is 0.243 e. The largest absolute Gasteiger partial charge is 0.353 e. The van der Waals surface area contributed by atoms with Gasteiger partial charge in [-0.05, 0) is 62.8 Å².